The van der Waals surface area contributed by atoms with Crippen molar-refractivity contribution >= 4 is 0 Å². The summed E-state index contributed by atoms with van der Waals surface area (Å²) in [5, 5.41) is 3.48. The molecular formula is C17H22N2O. The van der Waals surface area contributed by atoms with Crippen molar-refractivity contribution in [2.24, 2.45) is 0 Å². The lowest BCUT2D eigenvalue weighted by Gasteiger charge is -2.16. The molecule has 1 heterocycles. The highest BCUT2D eigenvalue weighted by Gasteiger charge is 2.07. The molecule has 0 saturated heterocycles. The van der Waals surface area contributed by atoms with Gasteiger partial charge in [-0.15, -0.1) is 0 Å². The average Bonchev–Trinajstić information content (AvgIpc) is 2.45. The monoisotopic (exact) mass is 270 g/mol. The van der Waals surface area contributed by atoms with Gasteiger partial charge in [-0.25, -0.2) is 0 Å². The van der Waals surface area contributed by atoms with Gasteiger partial charge in [0.25, 0.3) is 0 Å². The van der Waals surface area contributed by atoms with Gasteiger partial charge in [0.2, 0.25) is 0 Å². The fourth-order valence-corrected chi connectivity index (χ4v) is 2.01. The molecule has 0 aliphatic carbocycles. The van der Waals surface area contributed by atoms with E-state index in [1.807, 2.05) is 50.4 Å². The zero-order valence-electron chi connectivity index (χ0n) is 12.3. The summed E-state index contributed by atoms with van der Waals surface area (Å²) in [5.41, 5.74) is 2.27. The topological polar surface area (TPSA) is 34.1 Å². The fourth-order valence-electron chi connectivity index (χ4n) is 2.01. The third-order valence-corrected chi connectivity index (χ3v) is 3.05. The van der Waals surface area contributed by atoms with Crippen molar-refractivity contribution < 1.29 is 4.74 Å². The molecule has 2 rings (SSSR count). The molecule has 0 aliphatic heterocycles. The van der Waals surface area contributed by atoms with Gasteiger partial charge in [-0.3, -0.25) is 4.98 Å². The molecule has 20 heavy (non-hydrogen) atoms. The molecule has 0 aliphatic rings. The second-order valence-corrected chi connectivity index (χ2v) is 5.16. The Kier molecular flexibility index (Phi) is 5.13. The van der Waals surface area contributed by atoms with Crippen LogP contribution >= 0.6 is 0 Å². The van der Waals surface area contributed by atoms with Gasteiger partial charge in [-0.05, 0) is 50.6 Å². The summed E-state index contributed by atoms with van der Waals surface area (Å²) in [6, 6.07) is 14.5. The Hall–Kier alpha value is -1.87. The molecule has 2 aromatic rings. The molecule has 0 spiro atoms. The molecule has 106 valence electrons. The maximum absolute atomic E-state index is 5.73. The van der Waals surface area contributed by atoms with Gasteiger partial charge in [-0.1, -0.05) is 18.2 Å². The second kappa shape index (κ2) is 7.06. The number of ether oxygens (including phenoxy) is 1. The van der Waals surface area contributed by atoms with Crippen LogP contribution in [0, 0.1) is 0 Å². The summed E-state index contributed by atoms with van der Waals surface area (Å²) in [4.78, 5) is 4.31. The molecule has 1 aromatic heterocycles. The minimum absolute atomic E-state index is 0.196. The van der Waals surface area contributed by atoms with Crippen LogP contribution in [0.15, 0.2) is 48.7 Å². The molecule has 3 nitrogen and oxygen atoms in total. The molecule has 1 unspecified atom stereocenters. The van der Waals surface area contributed by atoms with Gasteiger partial charge >= 0.3 is 0 Å². The lowest BCUT2D eigenvalue weighted by atomic mass is 10.1. The van der Waals surface area contributed by atoms with Gasteiger partial charge < -0.3 is 10.1 Å². The van der Waals surface area contributed by atoms with Crippen molar-refractivity contribution in [1.82, 2.24) is 10.3 Å². The van der Waals surface area contributed by atoms with E-state index in [-0.39, 0.29) is 12.1 Å². The highest BCUT2D eigenvalue weighted by molar-refractivity contribution is 5.30. The van der Waals surface area contributed by atoms with E-state index in [9.17, 15) is 0 Å². The van der Waals surface area contributed by atoms with E-state index < -0.39 is 0 Å². The zero-order chi connectivity index (χ0) is 14.4. The van der Waals surface area contributed by atoms with Gasteiger partial charge in [-0.2, -0.15) is 0 Å². The van der Waals surface area contributed by atoms with Crippen LogP contribution in [0.3, 0.4) is 0 Å². The molecule has 0 radical (unpaired) electrons. The van der Waals surface area contributed by atoms with Gasteiger partial charge in [0.15, 0.2) is 0 Å². The van der Waals surface area contributed by atoms with Crippen molar-refractivity contribution in [3.8, 4) is 5.75 Å². The normalized spacial score (nSPS) is 12.4. The summed E-state index contributed by atoms with van der Waals surface area (Å²) in [6.07, 6.45) is 2.01. The van der Waals surface area contributed by atoms with Crippen LogP contribution in [-0.4, -0.2) is 11.1 Å². The molecule has 0 bridgehead atoms. The number of hydrogen-bond acceptors (Lipinski definition) is 3. The number of benzene rings is 1. The van der Waals surface area contributed by atoms with Crippen LogP contribution in [0.2, 0.25) is 0 Å². The van der Waals surface area contributed by atoms with Crippen molar-refractivity contribution in [3.63, 3.8) is 0 Å². The molecule has 1 aromatic carbocycles. The van der Waals surface area contributed by atoms with Crippen molar-refractivity contribution in [1.29, 1.82) is 0 Å². The summed E-state index contributed by atoms with van der Waals surface area (Å²) in [6.45, 7) is 6.99. The van der Waals surface area contributed by atoms with Crippen LogP contribution in [0.4, 0.5) is 0 Å². The first-order chi connectivity index (χ1) is 9.65. The molecular weight excluding hydrogens is 248 g/mol. The molecule has 1 atom stereocenters. The highest BCUT2D eigenvalue weighted by Crippen LogP contribution is 2.20. The third-order valence-electron chi connectivity index (χ3n) is 3.05. The van der Waals surface area contributed by atoms with E-state index in [0.29, 0.717) is 0 Å². The van der Waals surface area contributed by atoms with E-state index in [4.69, 9.17) is 4.74 Å². The first-order valence-electron chi connectivity index (χ1n) is 7.05. The highest BCUT2D eigenvalue weighted by atomic mass is 16.5. The standard InChI is InChI=1S/C17H22N2O/c1-13(2)20-17-9-6-7-15(11-17)14(3)19-12-16-8-4-5-10-18-16/h4-11,13-14,19H,12H2,1-3H3. The maximum atomic E-state index is 5.73. The molecule has 0 amide bonds. The van der Waals surface area contributed by atoms with Crippen LogP contribution in [-0.2, 0) is 6.54 Å². The minimum Gasteiger partial charge on any atom is -0.491 e. The maximum Gasteiger partial charge on any atom is 0.120 e. The molecule has 1 N–H and O–H groups in total. The predicted molar refractivity (Wildman–Crippen MR) is 81.7 cm³/mol. The number of nitrogens with one attached hydrogen (secondary N) is 1. The van der Waals surface area contributed by atoms with Gasteiger partial charge in [0, 0.05) is 18.8 Å². The number of nitrogens with zero attached hydrogens (tertiary/aromatic N) is 1. The van der Waals surface area contributed by atoms with Gasteiger partial charge in [0.1, 0.15) is 5.75 Å². The van der Waals surface area contributed by atoms with E-state index in [1.54, 1.807) is 0 Å². The van der Waals surface area contributed by atoms with Gasteiger partial charge in [0.05, 0.1) is 11.8 Å². The lowest BCUT2D eigenvalue weighted by Crippen LogP contribution is -2.18. The van der Waals surface area contributed by atoms with Crippen molar-refractivity contribution in [3.05, 3.63) is 59.9 Å². The van der Waals surface area contributed by atoms with E-state index in [2.05, 4.69) is 29.4 Å². The first-order valence-corrected chi connectivity index (χ1v) is 7.05. The zero-order valence-corrected chi connectivity index (χ0v) is 12.3. The smallest absolute Gasteiger partial charge is 0.120 e. The SMILES string of the molecule is CC(C)Oc1cccc(C(C)NCc2ccccn2)c1. The number of rotatable bonds is 6. The number of pyridine rings is 1. The lowest BCUT2D eigenvalue weighted by molar-refractivity contribution is 0.242. The Morgan fingerprint density at radius 2 is 1.95 bits per heavy atom. The second-order valence-electron chi connectivity index (χ2n) is 5.16. The van der Waals surface area contributed by atoms with Crippen molar-refractivity contribution in [2.45, 2.75) is 39.5 Å². The largest absolute Gasteiger partial charge is 0.491 e. The van der Waals surface area contributed by atoms with E-state index in [1.165, 1.54) is 5.56 Å². The molecule has 0 fully saturated rings. The van der Waals surface area contributed by atoms with Crippen LogP contribution in [0.5, 0.6) is 5.75 Å². The third kappa shape index (κ3) is 4.35. The quantitative estimate of drug-likeness (QED) is 0.868. The fraction of sp³-hybridized carbons (Fsp3) is 0.353. The number of aromatic nitrogens is 1. The molecule has 3 heteroatoms. The van der Waals surface area contributed by atoms with Crippen molar-refractivity contribution in [2.75, 3.05) is 0 Å². The van der Waals surface area contributed by atoms with E-state index in [0.717, 1.165) is 18.0 Å². The first kappa shape index (κ1) is 14.5. The Bertz CT molecular complexity index is 526. The summed E-state index contributed by atoms with van der Waals surface area (Å²) in [7, 11) is 0. The summed E-state index contributed by atoms with van der Waals surface area (Å²) < 4.78 is 5.73. The van der Waals surface area contributed by atoms with Crippen LogP contribution in [0.1, 0.15) is 38.1 Å². The predicted octanol–water partition coefficient (Wildman–Crippen LogP) is 3.72. The number of hydrogen-bond donors (Lipinski definition) is 1. The Balaban J connectivity index is 1.96. The summed E-state index contributed by atoms with van der Waals surface area (Å²) >= 11 is 0. The van der Waals surface area contributed by atoms with Crippen LogP contribution in [0.25, 0.3) is 0 Å². The minimum atomic E-state index is 0.196. The van der Waals surface area contributed by atoms with E-state index >= 15 is 0 Å². The Morgan fingerprint density at radius 1 is 1.10 bits per heavy atom. The molecule has 0 saturated carbocycles. The van der Waals surface area contributed by atoms with Crippen LogP contribution < -0.4 is 10.1 Å². The Morgan fingerprint density at radius 3 is 2.65 bits per heavy atom. The Labute approximate surface area is 121 Å². The summed E-state index contributed by atoms with van der Waals surface area (Å²) in [5.74, 6) is 0.920. The average molecular weight is 270 g/mol.